The van der Waals surface area contributed by atoms with Crippen LogP contribution in [-0.2, 0) is 0 Å². The van der Waals surface area contributed by atoms with Gasteiger partial charge in [-0.05, 0) is 36.4 Å². The number of halogens is 1. The summed E-state index contributed by atoms with van der Waals surface area (Å²) in [4.78, 5) is 8.62. The van der Waals surface area contributed by atoms with Crippen molar-refractivity contribution in [1.82, 2.24) is 20.2 Å². The minimum absolute atomic E-state index is 0.632. The van der Waals surface area contributed by atoms with E-state index in [4.69, 9.17) is 11.6 Å². The second-order valence-electron chi connectivity index (χ2n) is 3.73. The Balaban J connectivity index is 1.97. The van der Waals surface area contributed by atoms with Gasteiger partial charge >= 0.3 is 0 Å². The van der Waals surface area contributed by atoms with Gasteiger partial charge in [-0.25, -0.2) is 4.98 Å². The summed E-state index contributed by atoms with van der Waals surface area (Å²) in [6, 6.07) is 13.0. The topological polar surface area (TPSA) is 54.5 Å². The molecular weight excluding hydrogens is 248 g/mol. The second-order valence-corrected chi connectivity index (χ2v) is 4.17. The van der Waals surface area contributed by atoms with Crippen LogP contribution in [0.3, 0.4) is 0 Å². The molecule has 1 N–H and O–H groups in total. The predicted octanol–water partition coefficient (Wildman–Crippen LogP) is 3.19. The molecule has 0 unspecified atom stereocenters. The lowest BCUT2D eigenvalue weighted by atomic mass is 10.2. The molecule has 3 rings (SSSR count). The molecule has 0 atom stereocenters. The Kier molecular flexibility index (Phi) is 2.78. The van der Waals surface area contributed by atoms with Crippen LogP contribution in [0.5, 0.6) is 0 Å². The van der Waals surface area contributed by atoms with Gasteiger partial charge in [-0.3, -0.25) is 10.1 Å². The zero-order valence-corrected chi connectivity index (χ0v) is 10.1. The van der Waals surface area contributed by atoms with Crippen LogP contribution in [0.1, 0.15) is 0 Å². The Hall–Kier alpha value is -2.20. The van der Waals surface area contributed by atoms with Crippen LogP contribution in [0.15, 0.2) is 48.7 Å². The van der Waals surface area contributed by atoms with Crippen LogP contribution in [0.25, 0.3) is 22.9 Å². The standard InChI is InChI=1S/C13H9ClN4/c14-10-6-4-9(5-7-10)12-16-13(18-17-12)11-3-1-2-8-15-11/h1-8H,(H,16,17,18). The first-order valence-corrected chi connectivity index (χ1v) is 5.80. The molecule has 0 saturated carbocycles. The lowest BCUT2D eigenvalue weighted by Gasteiger charge is -1.94. The number of hydrogen-bond acceptors (Lipinski definition) is 3. The number of pyridine rings is 1. The maximum Gasteiger partial charge on any atom is 0.181 e. The molecule has 0 fully saturated rings. The van der Waals surface area contributed by atoms with Gasteiger partial charge in [0, 0.05) is 16.8 Å². The highest BCUT2D eigenvalue weighted by Crippen LogP contribution is 2.20. The highest BCUT2D eigenvalue weighted by Gasteiger charge is 2.07. The molecular formula is C13H9ClN4. The van der Waals surface area contributed by atoms with Crippen molar-refractivity contribution >= 4 is 11.6 Å². The Bertz CT molecular complexity index is 646. The number of H-pyrrole nitrogens is 1. The van der Waals surface area contributed by atoms with Crippen molar-refractivity contribution in [3.05, 3.63) is 53.7 Å². The molecule has 5 heteroatoms. The van der Waals surface area contributed by atoms with Gasteiger partial charge in [0.1, 0.15) is 5.69 Å². The normalized spacial score (nSPS) is 10.5. The lowest BCUT2D eigenvalue weighted by Crippen LogP contribution is -1.84. The summed E-state index contributed by atoms with van der Waals surface area (Å²) in [5.41, 5.74) is 1.68. The van der Waals surface area contributed by atoms with Crippen molar-refractivity contribution in [1.29, 1.82) is 0 Å². The molecule has 2 aromatic heterocycles. The number of rotatable bonds is 2. The smallest absolute Gasteiger partial charge is 0.181 e. The van der Waals surface area contributed by atoms with Gasteiger partial charge in [0.2, 0.25) is 0 Å². The van der Waals surface area contributed by atoms with E-state index in [1.165, 1.54) is 0 Å². The van der Waals surface area contributed by atoms with Crippen molar-refractivity contribution < 1.29 is 0 Å². The van der Waals surface area contributed by atoms with Crippen LogP contribution >= 0.6 is 11.6 Å². The van der Waals surface area contributed by atoms with Gasteiger partial charge in [-0.1, -0.05) is 17.7 Å². The van der Waals surface area contributed by atoms with E-state index < -0.39 is 0 Å². The number of benzene rings is 1. The van der Waals surface area contributed by atoms with Crippen LogP contribution in [0, 0.1) is 0 Å². The molecule has 0 aliphatic heterocycles. The third-order valence-corrected chi connectivity index (χ3v) is 2.75. The Morgan fingerprint density at radius 3 is 2.56 bits per heavy atom. The van der Waals surface area contributed by atoms with Crippen molar-refractivity contribution in [3.8, 4) is 22.9 Å². The summed E-state index contributed by atoms with van der Waals surface area (Å²) in [6.07, 6.45) is 1.72. The van der Waals surface area contributed by atoms with E-state index >= 15 is 0 Å². The molecule has 0 aliphatic rings. The van der Waals surface area contributed by atoms with Gasteiger partial charge in [0.15, 0.2) is 11.6 Å². The Morgan fingerprint density at radius 1 is 1.00 bits per heavy atom. The largest absolute Gasteiger partial charge is 0.257 e. The van der Waals surface area contributed by atoms with E-state index in [0.29, 0.717) is 16.7 Å². The quantitative estimate of drug-likeness (QED) is 0.766. The minimum atomic E-state index is 0.632. The third-order valence-electron chi connectivity index (χ3n) is 2.50. The highest BCUT2D eigenvalue weighted by molar-refractivity contribution is 6.30. The summed E-state index contributed by atoms with van der Waals surface area (Å²) in [6.45, 7) is 0. The second kappa shape index (κ2) is 4.58. The number of aromatic amines is 1. The summed E-state index contributed by atoms with van der Waals surface area (Å²) in [5, 5.41) is 7.75. The molecule has 0 amide bonds. The highest BCUT2D eigenvalue weighted by atomic mass is 35.5. The van der Waals surface area contributed by atoms with Crippen LogP contribution < -0.4 is 0 Å². The van der Waals surface area contributed by atoms with Gasteiger partial charge in [0.25, 0.3) is 0 Å². The fourth-order valence-corrected chi connectivity index (χ4v) is 1.73. The van der Waals surface area contributed by atoms with Crippen molar-refractivity contribution in [2.24, 2.45) is 0 Å². The zero-order chi connectivity index (χ0) is 12.4. The molecule has 4 nitrogen and oxygen atoms in total. The maximum absolute atomic E-state index is 5.84. The molecule has 3 aromatic rings. The fraction of sp³-hybridized carbons (Fsp3) is 0. The van der Waals surface area contributed by atoms with Crippen molar-refractivity contribution in [2.75, 3.05) is 0 Å². The van der Waals surface area contributed by atoms with Gasteiger partial charge in [0.05, 0.1) is 0 Å². The van der Waals surface area contributed by atoms with Crippen LogP contribution in [0.2, 0.25) is 5.02 Å². The molecule has 18 heavy (non-hydrogen) atoms. The monoisotopic (exact) mass is 256 g/mol. The van der Waals surface area contributed by atoms with E-state index in [2.05, 4.69) is 20.2 Å². The van der Waals surface area contributed by atoms with Crippen molar-refractivity contribution in [3.63, 3.8) is 0 Å². The predicted molar refractivity (Wildman–Crippen MR) is 70.1 cm³/mol. The molecule has 1 aromatic carbocycles. The van der Waals surface area contributed by atoms with E-state index in [9.17, 15) is 0 Å². The Morgan fingerprint density at radius 2 is 1.83 bits per heavy atom. The summed E-state index contributed by atoms with van der Waals surface area (Å²) >= 11 is 5.84. The van der Waals surface area contributed by atoms with E-state index in [0.717, 1.165) is 11.3 Å². The summed E-state index contributed by atoms with van der Waals surface area (Å²) in [5.74, 6) is 1.29. The molecule has 0 saturated heterocycles. The fourth-order valence-electron chi connectivity index (χ4n) is 1.61. The van der Waals surface area contributed by atoms with Crippen LogP contribution in [0.4, 0.5) is 0 Å². The average molecular weight is 257 g/mol. The van der Waals surface area contributed by atoms with Gasteiger partial charge < -0.3 is 0 Å². The van der Waals surface area contributed by atoms with E-state index in [-0.39, 0.29) is 0 Å². The molecule has 0 radical (unpaired) electrons. The molecule has 0 spiro atoms. The first kappa shape index (κ1) is 10.9. The van der Waals surface area contributed by atoms with Crippen LogP contribution in [-0.4, -0.2) is 20.2 Å². The molecule has 0 aliphatic carbocycles. The van der Waals surface area contributed by atoms with Gasteiger partial charge in [-0.15, -0.1) is 0 Å². The third kappa shape index (κ3) is 2.10. The number of aromatic nitrogens is 4. The molecule has 0 bridgehead atoms. The molecule has 88 valence electrons. The first-order valence-electron chi connectivity index (χ1n) is 5.43. The van der Waals surface area contributed by atoms with E-state index in [1.807, 2.05) is 42.5 Å². The van der Waals surface area contributed by atoms with Gasteiger partial charge in [-0.2, -0.15) is 5.10 Å². The minimum Gasteiger partial charge on any atom is -0.257 e. The van der Waals surface area contributed by atoms with Crippen molar-refractivity contribution in [2.45, 2.75) is 0 Å². The number of nitrogens with zero attached hydrogens (tertiary/aromatic N) is 3. The summed E-state index contributed by atoms with van der Waals surface area (Å²) in [7, 11) is 0. The van der Waals surface area contributed by atoms with E-state index in [1.54, 1.807) is 6.20 Å². The number of nitrogens with one attached hydrogen (secondary N) is 1. The summed E-state index contributed by atoms with van der Waals surface area (Å²) < 4.78 is 0. The molecule has 2 heterocycles. The SMILES string of the molecule is Clc1ccc(-c2n[nH]c(-c3ccccn3)n2)cc1. The lowest BCUT2D eigenvalue weighted by molar-refractivity contribution is 1.09. The Labute approximate surface area is 109 Å². The maximum atomic E-state index is 5.84. The number of hydrogen-bond donors (Lipinski definition) is 1. The zero-order valence-electron chi connectivity index (χ0n) is 9.34. The first-order chi connectivity index (χ1) is 8.83. The average Bonchev–Trinajstić information content (AvgIpc) is 2.90.